The lowest BCUT2D eigenvalue weighted by atomic mass is 10.2. The summed E-state index contributed by atoms with van der Waals surface area (Å²) in [5.74, 6) is 0. The zero-order valence-corrected chi connectivity index (χ0v) is 7.45. The van der Waals surface area contributed by atoms with Gasteiger partial charge in [-0.05, 0) is 13.0 Å². The third-order valence-corrected chi connectivity index (χ3v) is 1.87. The van der Waals surface area contributed by atoms with E-state index in [9.17, 15) is 8.78 Å². The zero-order chi connectivity index (χ0) is 9.84. The van der Waals surface area contributed by atoms with Crippen molar-refractivity contribution in [2.75, 3.05) is 0 Å². The Hall–Kier alpha value is -0.970. The van der Waals surface area contributed by atoms with Gasteiger partial charge in [-0.3, -0.25) is 4.68 Å². The van der Waals surface area contributed by atoms with E-state index in [0.29, 0.717) is 6.54 Å². The van der Waals surface area contributed by atoms with Crippen molar-refractivity contribution in [1.29, 1.82) is 0 Å². The molecule has 13 heavy (non-hydrogen) atoms. The lowest BCUT2D eigenvalue weighted by Crippen LogP contribution is -2.31. The molecule has 2 N–H and O–H groups in total. The van der Waals surface area contributed by atoms with Crippen molar-refractivity contribution >= 4 is 0 Å². The number of aryl methyl sites for hydroxylation is 1. The van der Waals surface area contributed by atoms with Gasteiger partial charge in [0.15, 0.2) is 0 Å². The van der Waals surface area contributed by atoms with Crippen LogP contribution >= 0.6 is 0 Å². The molecule has 0 amide bonds. The molecule has 0 spiro atoms. The number of hydrogen-bond acceptors (Lipinski definition) is 2. The monoisotopic (exact) mass is 189 g/mol. The largest absolute Gasteiger partial charge is 0.323 e. The summed E-state index contributed by atoms with van der Waals surface area (Å²) >= 11 is 0. The molecule has 1 atom stereocenters. The van der Waals surface area contributed by atoms with E-state index >= 15 is 0 Å². The van der Waals surface area contributed by atoms with E-state index in [-0.39, 0.29) is 6.42 Å². The molecule has 74 valence electrons. The lowest BCUT2D eigenvalue weighted by molar-refractivity contribution is 0.115. The fraction of sp³-hybridized carbons (Fsp3) is 0.625. The van der Waals surface area contributed by atoms with Crippen LogP contribution in [0.4, 0.5) is 8.78 Å². The molecule has 0 fully saturated rings. The number of alkyl halides is 2. The van der Waals surface area contributed by atoms with Crippen LogP contribution in [0, 0.1) is 0 Å². The second kappa shape index (κ2) is 4.32. The van der Waals surface area contributed by atoms with Crippen molar-refractivity contribution in [2.45, 2.75) is 32.4 Å². The van der Waals surface area contributed by atoms with Crippen LogP contribution in [0.5, 0.6) is 0 Å². The summed E-state index contributed by atoms with van der Waals surface area (Å²) in [4.78, 5) is 0. The van der Waals surface area contributed by atoms with Gasteiger partial charge in [0.05, 0.1) is 6.04 Å². The molecular weight excluding hydrogens is 176 g/mol. The van der Waals surface area contributed by atoms with E-state index in [0.717, 1.165) is 5.69 Å². The van der Waals surface area contributed by atoms with Crippen LogP contribution in [0.25, 0.3) is 0 Å². The van der Waals surface area contributed by atoms with Crippen LogP contribution in [0.15, 0.2) is 12.3 Å². The van der Waals surface area contributed by atoms with Crippen molar-refractivity contribution in [3.63, 3.8) is 0 Å². The topological polar surface area (TPSA) is 43.8 Å². The predicted octanol–water partition coefficient (Wildman–Crippen LogP) is 1.04. The first-order valence-corrected chi connectivity index (χ1v) is 4.19. The number of aromatic nitrogens is 2. The summed E-state index contributed by atoms with van der Waals surface area (Å²) < 4.78 is 25.9. The Morgan fingerprint density at radius 1 is 1.62 bits per heavy atom. The van der Waals surface area contributed by atoms with Crippen LogP contribution < -0.4 is 5.73 Å². The molecule has 0 saturated carbocycles. The molecule has 1 unspecified atom stereocenters. The molecule has 5 heteroatoms. The molecule has 0 aliphatic carbocycles. The normalized spacial score (nSPS) is 13.6. The number of nitrogens with two attached hydrogens (primary N) is 1. The highest BCUT2D eigenvalue weighted by molar-refractivity contribution is 5.02. The van der Waals surface area contributed by atoms with Gasteiger partial charge in [-0.2, -0.15) is 5.10 Å². The van der Waals surface area contributed by atoms with Crippen molar-refractivity contribution in [1.82, 2.24) is 9.78 Å². The highest BCUT2D eigenvalue weighted by atomic mass is 19.3. The maximum Gasteiger partial charge on any atom is 0.253 e. The van der Waals surface area contributed by atoms with Crippen molar-refractivity contribution in [3.05, 3.63) is 18.0 Å². The maximum absolute atomic E-state index is 12.1. The molecule has 1 aromatic rings. The minimum absolute atomic E-state index is 0.172. The van der Waals surface area contributed by atoms with Gasteiger partial charge < -0.3 is 5.73 Å². The fourth-order valence-corrected chi connectivity index (χ4v) is 1.15. The summed E-state index contributed by atoms with van der Waals surface area (Å²) in [6, 6.07) is 0.619. The second-order valence-corrected chi connectivity index (χ2v) is 2.84. The smallest absolute Gasteiger partial charge is 0.253 e. The minimum Gasteiger partial charge on any atom is -0.323 e. The highest BCUT2D eigenvalue weighted by Gasteiger charge is 2.17. The molecule has 1 rings (SSSR count). The first-order chi connectivity index (χ1) is 6.15. The van der Waals surface area contributed by atoms with Gasteiger partial charge in [0.2, 0.25) is 0 Å². The molecule has 0 saturated heterocycles. The molecule has 0 aromatic carbocycles. The predicted molar refractivity (Wildman–Crippen MR) is 45.6 cm³/mol. The molecule has 0 aliphatic heterocycles. The van der Waals surface area contributed by atoms with Gasteiger partial charge in [-0.25, -0.2) is 8.78 Å². The molecule has 0 radical (unpaired) electrons. The Balaban J connectivity index is 2.62. The number of rotatable bonds is 4. The van der Waals surface area contributed by atoms with Crippen molar-refractivity contribution in [2.24, 2.45) is 5.73 Å². The highest BCUT2D eigenvalue weighted by Crippen LogP contribution is 2.07. The van der Waals surface area contributed by atoms with E-state index in [1.54, 1.807) is 16.9 Å². The van der Waals surface area contributed by atoms with E-state index in [1.165, 1.54) is 0 Å². The van der Waals surface area contributed by atoms with Crippen LogP contribution in [0.2, 0.25) is 0 Å². The Kier molecular flexibility index (Phi) is 3.36. The maximum atomic E-state index is 12.1. The molecule has 3 nitrogen and oxygen atoms in total. The minimum atomic E-state index is -2.47. The summed E-state index contributed by atoms with van der Waals surface area (Å²) in [6.07, 6.45) is -0.706. The van der Waals surface area contributed by atoms with Gasteiger partial charge in [0.25, 0.3) is 6.43 Å². The van der Waals surface area contributed by atoms with Crippen LogP contribution in [-0.4, -0.2) is 22.2 Å². The summed E-state index contributed by atoms with van der Waals surface area (Å²) in [5, 5.41) is 3.96. The van der Waals surface area contributed by atoms with E-state index < -0.39 is 12.5 Å². The fourth-order valence-electron chi connectivity index (χ4n) is 1.15. The Labute approximate surface area is 75.5 Å². The standard InChI is InChI=1S/C8H13F2N3/c1-2-13-6(3-4-12-13)5-7(11)8(9)10/h3-4,7-8H,2,5,11H2,1H3. The third kappa shape index (κ3) is 2.48. The van der Waals surface area contributed by atoms with Crippen molar-refractivity contribution in [3.8, 4) is 0 Å². The van der Waals surface area contributed by atoms with Crippen LogP contribution in [0.1, 0.15) is 12.6 Å². The molecule has 1 aromatic heterocycles. The average molecular weight is 189 g/mol. The first kappa shape index (κ1) is 10.1. The second-order valence-electron chi connectivity index (χ2n) is 2.84. The molecular formula is C8H13F2N3. The zero-order valence-electron chi connectivity index (χ0n) is 7.45. The molecule has 0 bridgehead atoms. The average Bonchev–Trinajstić information content (AvgIpc) is 2.51. The van der Waals surface area contributed by atoms with Crippen molar-refractivity contribution < 1.29 is 8.78 Å². The summed E-state index contributed by atoms with van der Waals surface area (Å²) in [6.45, 7) is 2.59. The van der Waals surface area contributed by atoms with E-state index in [4.69, 9.17) is 5.73 Å². The van der Waals surface area contributed by atoms with Gasteiger partial charge in [-0.1, -0.05) is 0 Å². The Bertz CT molecular complexity index is 260. The first-order valence-electron chi connectivity index (χ1n) is 4.19. The van der Waals surface area contributed by atoms with Gasteiger partial charge in [0, 0.05) is 24.9 Å². The quantitative estimate of drug-likeness (QED) is 0.769. The van der Waals surface area contributed by atoms with Gasteiger partial charge >= 0.3 is 0 Å². The van der Waals surface area contributed by atoms with E-state index in [2.05, 4.69) is 5.10 Å². The number of halogens is 2. The van der Waals surface area contributed by atoms with E-state index in [1.807, 2.05) is 6.92 Å². The van der Waals surface area contributed by atoms with Gasteiger partial charge in [0.1, 0.15) is 0 Å². The lowest BCUT2D eigenvalue weighted by Gasteiger charge is -2.10. The molecule has 0 aliphatic rings. The Morgan fingerprint density at radius 3 is 2.85 bits per heavy atom. The van der Waals surface area contributed by atoms with Crippen LogP contribution in [-0.2, 0) is 13.0 Å². The third-order valence-electron chi connectivity index (χ3n) is 1.87. The molecule has 1 heterocycles. The number of nitrogens with zero attached hydrogens (tertiary/aromatic N) is 2. The SMILES string of the molecule is CCn1nccc1CC(N)C(F)F. The summed E-state index contributed by atoms with van der Waals surface area (Å²) in [5.41, 5.74) is 6.00. The van der Waals surface area contributed by atoms with Crippen LogP contribution in [0.3, 0.4) is 0 Å². The Morgan fingerprint density at radius 2 is 2.31 bits per heavy atom. The number of hydrogen-bond donors (Lipinski definition) is 1. The summed E-state index contributed by atoms with van der Waals surface area (Å²) in [7, 11) is 0. The van der Waals surface area contributed by atoms with Gasteiger partial charge in [-0.15, -0.1) is 0 Å².